The molecule has 5 nitrogen and oxygen atoms in total. The van der Waals surface area contributed by atoms with Gasteiger partial charge in [0.15, 0.2) is 0 Å². The summed E-state index contributed by atoms with van der Waals surface area (Å²) < 4.78 is 5.07. The third-order valence-electron chi connectivity index (χ3n) is 3.10. The number of carbonyl (C=O) groups excluding carboxylic acids is 1. The van der Waals surface area contributed by atoms with Crippen molar-refractivity contribution in [3.05, 3.63) is 52.4 Å². The summed E-state index contributed by atoms with van der Waals surface area (Å²) in [5.41, 5.74) is 2.84. The zero-order chi connectivity index (χ0) is 14.5. The van der Waals surface area contributed by atoms with E-state index in [1.54, 1.807) is 24.3 Å². The second-order valence-corrected chi connectivity index (χ2v) is 4.50. The average molecular weight is 269 g/mol. The Morgan fingerprint density at radius 3 is 2.90 bits per heavy atom. The molecular weight excluding hydrogens is 254 g/mol. The molecule has 102 valence electrons. The van der Waals surface area contributed by atoms with Crippen molar-refractivity contribution in [1.82, 2.24) is 10.5 Å². The first kappa shape index (κ1) is 13.8. The summed E-state index contributed by atoms with van der Waals surface area (Å²) >= 11 is 0. The quantitative estimate of drug-likeness (QED) is 0.922. The fraction of sp³-hybridized carbons (Fsp3) is 0.267. The molecule has 0 fully saturated rings. The van der Waals surface area contributed by atoms with E-state index in [1.165, 1.54) is 0 Å². The maximum absolute atomic E-state index is 12.0. The van der Waals surface area contributed by atoms with Crippen LogP contribution in [0.4, 0.5) is 0 Å². The summed E-state index contributed by atoms with van der Waals surface area (Å²) in [5, 5.41) is 15.5. The zero-order valence-electron chi connectivity index (χ0n) is 11.4. The molecule has 1 aromatic heterocycles. The van der Waals surface area contributed by atoms with Gasteiger partial charge in [-0.1, -0.05) is 11.2 Å². The molecule has 1 aromatic carbocycles. The Balaban J connectivity index is 1.94. The Bertz CT molecular complexity index is 648. The van der Waals surface area contributed by atoms with Gasteiger partial charge in [-0.15, -0.1) is 0 Å². The maximum Gasteiger partial charge on any atom is 0.251 e. The minimum atomic E-state index is -0.186. The Morgan fingerprint density at radius 1 is 1.45 bits per heavy atom. The van der Waals surface area contributed by atoms with Crippen LogP contribution in [0.2, 0.25) is 0 Å². The smallest absolute Gasteiger partial charge is 0.251 e. The topological polar surface area (TPSA) is 78.9 Å². The van der Waals surface area contributed by atoms with Crippen molar-refractivity contribution in [1.29, 1.82) is 5.26 Å². The van der Waals surface area contributed by atoms with Crippen molar-refractivity contribution < 1.29 is 9.32 Å². The SMILES string of the molecule is Cc1noc(C)c1CCNC(=O)c1cccc(C#N)c1. The minimum absolute atomic E-state index is 0.186. The molecule has 0 aliphatic rings. The first-order chi connectivity index (χ1) is 9.61. The number of aryl methyl sites for hydroxylation is 2. The summed E-state index contributed by atoms with van der Waals surface area (Å²) in [6, 6.07) is 8.64. The van der Waals surface area contributed by atoms with Gasteiger partial charge in [0.2, 0.25) is 0 Å². The highest BCUT2D eigenvalue weighted by molar-refractivity contribution is 5.94. The molecule has 1 heterocycles. The lowest BCUT2D eigenvalue weighted by molar-refractivity contribution is 0.0954. The van der Waals surface area contributed by atoms with E-state index in [4.69, 9.17) is 9.78 Å². The van der Waals surface area contributed by atoms with Gasteiger partial charge in [-0.05, 0) is 38.5 Å². The summed E-state index contributed by atoms with van der Waals surface area (Å²) in [4.78, 5) is 12.0. The van der Waals surface area contributed by atoms with Gasteiger partial charge in [0.1, 0.15) is 5.76 Å². The molecule has 20 heavy (non-hydrogen) atoms. The van der Waals surface area contributed by atoms with E-state index < -0.39 is 0 Å². The third-order valence-corrected chi connectivity index (χ3v) is 3.10. The van der Waals surface area contributed by atoms with E-state index in [0.29, 0.717) is 24.1 Å². The number of carbonyl (C=O) groups is 1. The summed E-state index contributed by atoms with van der Waals surface area (Å²) in [7, 11) is 0. The van der Waals surface area contributed by atoms with Crippen molar-refractivity contribution in [3.63, 3.8) is 0 Å². The number of nitrogens with one attached hydrogen (secondary N) is 1. The second kappa shape index (κ2) is 6.02. The van der Waals surface area contributed by atoms with Crippen molar-refractivity contribution in [3.8, 4) is 6.07 Å². The fourth-order valence-electron chi connectivity index (χ4n) is 1.99. The van der Waals surface area contributed by atoms with Gasteiger partial charge in [-0.25, -0.2) is 0 Å². The van der Waals surface area contributed by atoms with Crippen molar-refractivity contribution in [2.75, 3.05) is 6.54 Å². The van der Waals surface area contributed by atoms with Crippen LogP contribution in [0.25, 0.3) is 0 Å². The van der Waals surface area contributed by atoms with Crippen LogP contribution in [0, 0.1) is 25.2 Å². The number of hydrogen-bond acceptors (Lipinski definition) is 4. The van der Waals surface area contributed by atoms with Gasteiger partial charge >= 0.3 is 0 Å². The van der Waals surface area contributed by atoms with E-state index in [1.807, 2.05) is 19.9 Å². The Kier molecular flexibility index (Phi) is 4.16. The molecule has 2 aromatic rings. The van der Waals surface area contributed by atoms with Crippen LogP contribution < -0.4 is 5.32 Å². The first-order valence-corrected chi connectivity index (χ1v) is 6.32. The van der Waals surface area contributed by atoms with E-state index >= 15 is 0 Å². The highest BCUT2D eigenvalue weighted by Gasteiger charge is 2.10. The van der Waals surface area contributed by atoms with Crippen molar-refractivity contribution >= 4 is 5.91 Å². The van der Waals surface area contributed by atoms with Crippen LogP contribution in [-0.2, 0) is 6.42 Å². The molecule has 0 aliphatic heterocycles. The predicted octanol–water partition coefficient (Wildman–Crippen LogP) is 2.14. The molecule has 0 spiro atoms. The third kappa shape index (κ3) is 3.04. The molecule has 0 radical (unpaired) electrons. The standard InChI is InChI=1S/C15H15N3O2/c1-10-14(11(2)20-18-10)6-7-17-15(19)13-5-3-4-12(8-13)9-16/h3-5,8H,6-7H2,1-2H3,(H,17,19). The fourth-order valence-corrected chi connectivity index (χ4v) is 1.99. The van der Waals surface area contributed by atoms with Crippen LogP contribution >= 0.6 is 0 Å². The summed E-state index contributed by atoms with van der Waals surface area (Å²) in [5.74, 6) is 0.595. The predicted molar refractivity (Wildman–Crippen MR) is 73.2 cm³/mol. The Morgan fingerprint density at radius 2 is 2.25 bits per heavy atom. The van der Waals surface area contributed by atoms with Crippen molar-refractivity contribution in [2.24, 2.45) is 0 Å². The number of aromatic nitrogens is 1. The Hall–Kier alpha value is -2.61. The minimum Gasteiger partial charge on any atom is -0.361 e. The number of nitrogens with zero attached hydrogens (tertiary/aromatic N) is 2. The van der Waals surface area contributed by atoms with E-state index in [9.17, 15) is 4.79 Å². The molecular formula is C15H15N3O2. The molecule has 1 amide bonds. The molecule has 0 saturated carbocycles. The van der Waals surface area contributed by atoms with E-state index in [2.05, 4.69) is 10.5 Å². The molecule has 0 bridgehead atoms. The number of amides is 1. The monoisotopic (exact) mass is 269 g/mol. The number of benzene rings is 1. The molecule has 5 heteroatoms. The van der Waals surface area contributed by atoms with Gasteiger partial charge < -0.3 is 9.84 Å². The first-order valence-electron chi connectivity index (χ1n) is 6.32. The van der Waals surface area contributed by atoms with Gasteiger partial charge in [-0.2, -0.15) is 5.26 Å². The van der Waals surface area contributed by atoms with Crippen LogP contribution in [0.3, 0.4) is 0 Å². The average Bonchev–Trinajstić information content (AvgIpc) is 2.79. The summed E-state index contributed by atoms with van der Waals surface area (Å²) in [6.45, 7) is 4.23. The highest BCUT2D eigenvalue weighted by Crippen LogP contribution is 2.12. The lowest BCUT2D eigenvalue weighted by Gasteiger charge is -2.05. The van der Waals surface area contributed by atoms with Gasteiger partial charge in [-0.3, -0.25) is 4.79 Å². The van der Waals surface area contributed by atoms with Gasteiger partial charge in [0.25, 0.3) is 5.91 Å². The highest BCUT2D eigenvalue weighted by atomic mass is 16.5. The van der Waals surface area contributed by atoms with Crippen LogP contribution in [0.15, 0.2) is 28.8 Å². The van der Waals surface area contributed by atoms with Crippen molar-refractivity contribution in [2.45, 2.75) is 20.3 Å². The summed E-state index contributed by atoms with van der Waals surface area (Å²) in [6.07, 6.45) is 0.671. The van der Waals surface area contributed by atoms with Crippen LogP contribution in [0.5, 0.6) is 0 Å². The molecule has 2 rings (SSSR count). The van der Waals surface area contributed by atoms with E-state index in [-0.39, 0.29) is 5.91 Å². The number of hydrogen-bond donors (Lipinski definition) is 1. The Labute approximate surface area is 117 Å². The molecule has 1 N–H and O–H groups in total. The lowest BCUT2D eigenvalue weighted by Crippen LogP contribution is -2.25. The van der Waals surface area contributed by atoms with Gasteiger partial charge in [0, 0.05) is 17.7 Å². The maximum atomic E-state index is 12.0. The second-order valence-electron chi connectivity index (χ2n) is 4.50. The van der Waals surface area contributed by atoms with Crippen LogP contribution in [-0.4, -0.2) is 17.6 Å². The van der Waals surface area contributed by atoms with Crippen LogP contribution in [0.1, 0.15) is 32.9 Å². The number of nitriles is 1. The zero-order valence-corrected chi connectivity index (χ0v) is 11.4. The number of rotatable bonds is 4. The molecule has 0 saturated heterocycles. The lowest BCUT2D eigenvalue weighted by atomic mass is 10.1. The molecule has 0 aliphatic carbocycles. The molecule has 0 unspecified atom stereocenters. The molecule has 0 atom stereocenters. The van der Waals surface area contributed by atoms with Gasteiger partial charge in [0.05, 0.1) is 17.3 Å². The largest absolute Gasteiger partial charge is 0.361 e. The normalized spacial score (nSPS) is 10.1. The van der Waals surface area contributed by atoms with E-state index in [0.717, 1.165) is 17.0 Å².